The summed E-state index contributed by atoms with van der Waals surface area (Å²) in [5, 5.41) is 12.6. The van der Waals surface area contributed by atoms with Crippen molar-refractivity contribution < 1.29 is 14.6 Å². The number of carbonyl (C=O) groups excluding carboxylic acids is 1. The van der Waals surface area contributed by atoms with Crippen LogP contribution in [0.15, 0.2) is 24.3 Å². The van der Waals surface area contributed by atoms with E-state index in [1.807, 2.05) is 13.8 Å². The van der Waals surface area contributed by atoms with E-state index in [-0.39, 0.29) is 24.5 Å². The normalized spacial score (nSPS) is 14.5. The Bertz CT molecular complexity index is 445. The third-order valence-electron chi connectivity index (χ3n) is 3.23. The van der Waals surface area contributed by atoms with E-state index >= 15 is 0 Å². The first-order chi connectivity index (χ1) is 9.26. The van der Waals surface area contributed by atoms with Gasteiger partial charge < -0.3 is 15.2 Å². The molecule has 1 aromatic rings. The van der Waals surface area contributed by atoms with Crippen molar-refractivity contribution in [2.24, 2.45) is 5.92 Å². The largest absolute Gasteiger partial charge is 0.478 e. The average Bonchev–Trinajstić information content (AvgIpc) is 2.40. The highest BCUT2D eigenvalue weighted by molar-refractivity contribution is 6.30. The monoisotopic (exact) mass is 299 g/mol. The van der Waals surface area contributed by atoms with Gasteiger partial charge in [-0.1, -0.05) is 18.5 Å². The molecule has 0 saturated carbocycles. The molecule has 2 N–H and O–H groups in total. The summed E-state index contributed by atoms with van der Waals surface area (Å²) in [7, 11) is 0. The van der Waals surface area contributed by atoms with E-state index in [0.29, 0.717) is 10.8 Å². The van der Waals surface area contributed by atoms with Crippen LogP contribution in [0.5, 0.6) is 5.75 Å². The van der Waals surface area contributed by atoms with Gasteiger partial charge in [0.25, 0.3) is 5.91 Å². The summed E-state index contributed by atoms with van der Waals surface area (Å²) in [5.41, 5.74) is -1.00. The van der Waals surface area contributed by atoms with Crippen LogP contribution in [-0.2, 0) is 4.79 Å². The van der Waals surface area contributed by atoms with Gasteiger partial charge in [0.1, 0.15) is 5.75 Å². The van der Waals surface area contributed by atoms with E-state index < -0.39 is 5.60 Å². The van der Waals surface area contributed by atoms with E-state index in [9.17, 15) is 4.79 Å². The molecule has 0 heterocycles. The fourth-order valence-electron chi connectivity index (χ4n) is 1.52. The SMILES string of the molecule is CC(CO)C(C)NC(=O)C(C)(C)Oc1ccc(Cl)cc1. The van der Waals surface area contributed by atoms with Gasteiger partial charge in [-0.05, 0) is 51.0 Å². The fraction of sp³-hybridized carbons (Fsp3) is 0.533. The lowest BCUT2D eigenvalue weighted by atomic mass is 10.0. The number of rotatable bonds is 6. The number of aliphatic hydroxyl groups excluding tert-OH is 1. The van der Waals surface area contributed by atoms with Crippen LogP contribution in [-0.4, -0.2) is 29.3 Å². The van der Waals surface area contributed by atoms with Crippen LogP contribution in [0.3, 0.4) is 0 Å². The Hall–Kier alpha value is -1.26. The minimum atomic E-state index is -1.00. The van der Waals surface area contributed by atoms with E-state index in [1.165, 1.54) is 0 Å². The molecule has 1 aromatic carbocycles. The quantitative estimate of drug-likeness (QED) is 0.849. The number of nitrogens with one attached hydrogen (secondary N) is 1. The smallest absolute Gasteiger partial charge is 0.263 e. The van der Waals surface area contributed by atoms with Crippen molar-refractivity contribution in [3.63, 3.8) is 0 Å². The Morgan fingerprint density at radius 3 is 2.40 bits per heavy atom. The predicted molar refractivity (Wildman–Crippen MR) is 80.0 cm³/mol. The highest BCUT2D eigenvalue weighted by Crippen LogP contribution is 2.21. The first-order valence-electron chi connectivity index (χ1n) is 6.62. The predicted octanol–water partition coefficient (Wildman–Crippen LogP) is 2.63. The molecule has 0 aliphatic carbocycles. The Balaban J connectivity index is 2.67. The van der Waals surface area contributed by atoms with Gasteiger partial charge in [0.2, 0.25) is 0 Å². The molecule has 0 radical (unpaired) electrons. The van der Waals surface area contributed by atoms with Gasteiger partial charge >= 0.3 is 0 Å². The van der Waals surface area contributed by atoms with E-state index in [2.05, 4.69) is 5.32 Å². The second-order valence-corrected chi connectivity index (χ2v) is 5.92. The summed E-state index contributed by atoms with van der Waals surface area (Å²) >= 11 is 5.81. The molecular formula is C15H22ClNO3. The zero-order chi connectivity index (χ0) is 15.3. The highest BCUT2D eigenvalue weighted by Gasteiger charge is 2.31. The molecule has 4 nitrogen and oxygen atoms in total. The maximum absolute atomic E-state index is 12.2. The van der Waals surface area contributed by atoms with Crippen molar-refractivity contribution in [1.82, 2.24) is 5.32 Å². The first-order valence-corrected chi connectivity index (χ1v) is 7.00. The number of ether oxygens (including phenoxy) is 1. The van der Waals surface area contributed by atoms with Crippen molar-refractivity contribution in [1.29, 1.82) is 0 Å². The third-order valence-corrected chi connectivity index (χ3v) is 3.49. The lowest BCUT2D eigenvalue weighted by molar-refractivity contribution is -0.135. The molecule has 1 amide bonds. The standard InChI is InChI=1S/C15H22ClNO3/c1-10(9-18)11(2)17-14(19)15(3,4)20-13-7-5-12(16)6-8-13/h5-8,10-11,18H,9H2,1-4H3,(H,17,19). The lowest BCUT2D eigenvalue weighted by Gasteiger charge is -2.28. The van der Waals surface area contributed by atoms with Gasteiger partial charge in [-0.3, -0.25) is 4.79 Å². The zero-order valence-corrected chi connectivity index (χ0v) is 13.1. The van der Waals surface area contributed by atoms with Gasteiger partial charge in [0.15, 0.2) is 5.60 Å². The van der Waals surface area contributed by atoms with Gasteiger partial charge in [-0.2, -0.15) is 0 Å². The lowest BCUT2D eigenvalue weighted by Crippen LogP contribution is -2.51. The van der Waals surface area contributed by atoms with E-state index in [4.69, 9.17) is 21.4 Å². The topological polar surface area (TPSA) is 58.6 Å². The van der Waals surface area contributed by atoms with Crippen LogP contribution in [0.25, 0.3) is 0 Å². The molecule has 0 aliphatic rings. The molecule has 5 heteroatoms. The molecule has 0 aromatic heterocycles. The summed E-state index contributed by atoms with van der Waals surface area (Å²) in [6.45, 7) is 7.16. The third kappa shape index (κ3) is 4.69. The molecule has 0 bridgehead atoms. The van der Waals surface area contributed by atoms with Crippen LogP contribution >= 0.6 is 11.6 Å². The molecule has 0 saturated heterocycles. The second-order valence-electron chi connectivity index (χ2n) is 5.49. The number of carbonyl (C=O) groups is 1. The summed E-state index contributed by atoms with van der Waals surface area (Å²) in [6.07, 6.45) is 0. The molecular weight excluding hydrogens is 278 g/mol. The maximum Gasteiger partial charge on any atom is 0.263 e. The number of benzene rings is 1. The molecule has 0 fully saturated rings. The van der Waals surface area contributed by atoms with Crippen LogP contribution in [0.4, 0.5) is 0 Å². The van der Waals surface area contributed by atoms with Crippen molar-refractivity contribution >= 4 is 17.5 Å². The van der Waals surface area contributed by atoms with Crippen molar-refractivity contribution in [2.75, 3.05) is 6.61 Å². The van der Waals surface area contributed by atoms with Gasteiger partial charge in [0.05, 0.1) is 0 Å². The molecule has 0 spiro atoms. The molecule has 20 heavy (non-hydrogen) atoms. The Morgan fingerprint density at radius 2 is 1.90 bits per heavy atom. The Morgan fingerprint density at radius 1 is 1.35 bits per heavy atom. The van der Waals surface area contributed by atoms with E-state index in [0.717, 1.165) is 0 Å². The van der Waals surface area contributed by atoms with Gasteiger partial charge in [-0.25, -0.2) is 0 Å². The molecule has 2 unspecified atom stereocenters. The Kier molecular flexibility index (Phi) is 5.84. The molecule has 1 rings (SSSR count). The van der Waals surface area contributed by atoms with Crippen LogP contribution in [0.1, 0.15) is 27.7 Å². The molecule has 2 atom stereocenters. The van der Waals surface area contributed by atoms with E-state index in [1.54, 1.807) is 38.1 Å². The van der Waals surface area contributed by atoms with Crippen LogP contribution in [0, 0.1) is 5.92 Å². The first kappa shape index (κ1) is 16.8. The van der Waals surface area contributed by atoms with Crippen molar-refractivity contribution in [3.05, 3.63) is 29.3 Å². The number of aliphatic hydroxyl groups is 1. The van der Waals surface area contributed by atoms with Crippen LogP contribution in [0.2, 0.25) is 5.02 Å². The zero-order valence-electron chi connectivity index (χ0n) is 12.3. The highest BCUT2D eigenvalue weighted by atomic mass is 35.5. The number of hydrogen-bond acceptors (Lipinski definition) is 3. The summed E-state index contributed by atoms with van der Waals surface area (Å²) in [5.74, 6) is 0.350. The van der Waals surface area contributed by atoms with Gasteiger partial charge in [-0.15, -0.1) is 0 Å². The molecule has 112 valence electrons. The number of amides is 1. The van der Waals surface area contributed by atoms with Crippen molar-refractivity contribution in [3.8, 4) is 5.75 Å². The fourth-order valence-corrected chi connectivity index (χ4v) is 1.65. The number of hydrogen-bond donors (Lipinski definition) is 2. The van der Waals surface area contributed by atoms with Crippen molar-refractivity contribution in [2.45, 2.75) is 39.3 Å². The van der Waals surface area contributed by atoms with Crippen LogP contribution < -0.4 is 10.1 Å². The summed E-state index contributed by atoms with van der Waals surface area (Å²) in [4.78, 5) is 12.2. The van der Waals surface area contributed by atoms with Gasteiger partial charge in [0, 0.05) is 17.7 Å². The maximum atomic E-state index is 12.2. The minimum Gasteiger partial charge on any atom is -0.478 e. The minimum absolute atomic E-state index is 0.00900. The second kappa shape index (κ2) is 6.95. The average molecular weight is 300 g/mol. The summed E-state index contributed by atoms with van der Waals surface area (Å²) < 4.78 is 5.70. The summed E-state index contributed by atoms with van der Waals surface area (Å²) in [6, 6.07) is 6.73. The Labute approximate surface area is 125 Å². The number of halogens is 1. The molecule has 0 aliphatic heterocycles.